The van der Waals surface area contributed by atoms with Crippen molar-refractivity contribution < 1.29 is 4.79 Å². The molecule has 0 radical (unpaired) electrons. The lowest BCUT2D eigenvalue weighted by Crippen LogP contribution is -2.38. The van der Waals surface area contributed by atoms with E-state index in [1.807, 2.05) is 25.9 Å². The van der Waals surface area contributed by atoms with E-state index in [4.69, 9.17) is 17.3 Å². The minimum atomic E-state index is -0.199. The molecule has 1 unspecified atom stereocenters. The number of nitrogens with two attached hydrogens (primary N) is 1. The maximum atomic E-state index is 11.8. The van der Waals surface area contributed by atoms with Gasteiger partial charge in [0.2, 0.25) is 0 Å². The standard InChI is InChI=1S/C11H17ClN4O/c1-7(16(2)3)6-14-11(17)8-4-9(12)15-10(13)5-8/h4-5,7H,6H2,1-3H3,(H2,13,15)(H,14,17). The average Bonchev–Trinajstić information content (AvgIpc) is 2.23. The minimum absolute atomic E-state index is 0.199. The van der Waals surface area contributed by atoms with Crippen LogP contribution in [-0.4, -0.2) is 42.5 Å². The Morgan fingerprint density at radius 3 is 2.76 bits per heavy atom. The van der Waals surface area contributed by atoms with E-state index in [0.717, 1.165) is 0 Å². The monoisotopic (exact) mass is 256 g/mol. The number of likely N-dealkylation sites (N-methyl/N-ethyl adjacent to an activating group) is 1. The van der Waals surface area contributed by atoms with Crippen molar-refractivity contribution in [3.8, 4) is 0 Å². The number of nitrogen functional groups attached to an aromatic ring is 1. The van der Waals surface area contributed by atoms with Gasteiger partial charge in [-0.2, -0.15) is 0 Å². The van der Waals surface area contributed by atoms with Crippen LogP contribution in [0, 0.1) is 0 Å². The highest BCUT2D eigenvalue weighted by molar-refractivity contribution is 6.29. The minimum Gasteiger partial charge on any atom is -0.384 e. The molecule has 1 amide bonds. The molecule has 1 aromatic heterocycles. The second-order valence-electron chi connectivity index (χ2n) is 4.13. The van der Waals surface area contributed by atoms with Crippen LogP contribution in [-0.2, 0) is 0 Å². The highest BCUT2D eigenvalue weighted by Crippen LogP contribution is 2.11. The van der Waals surface area contributed by atoms with E-state index in [2.05, 4.69) is 10.3 Å². The Hall–Kier alpha value is -1.33. The molecule has 5 nitrogen and oxygen atoms in total. The number of carbonyl (C=O) groups excluding carboxylic acids is 1. The van der Waals surface area contributed by atoms with Gasteiger partial charge in [0.1, 0.15) is 11.0 Å². The number of hydrogen-bond acceptors (Lipinski definition) is 4. The fraction of sp³-hybridized carbons (Fsp3) is 0.455. The predicted molar refractivity (Wildman–Crippen MR) is 69.1 cm³/mol. The second kappa shape index (κ2) is 5.84. The molecule has 0 spiro atoms. The molecule has 0 fully saturated rings. The molecule has 0 aliphatic rings. The summed E-state index contributed by atoms with van der Waals surface area (Å²) >= 11 is 5.73. The first kappa shape index (κ1) is 13.7. The van der Waals surface area contributed by atoms with E-state index < -0.39 is 0 Å². The molecule has 17 heavy (non-hydrogen) atoms. The predicted octanol–water partition coefficient (Wildman–Crippen LogP) is 0.997. The van der Waals surface area contributed by atoms with Gasteiger partial charge in [-0.25, -0.2) is 4.98 Å². The van der Waals surface area contributed by atoms with Gasteiger partial charge in [-0.1, -0.05) is 11.6 Å². The van der Waals surface area contributed by atoms with Crippen LogP contribution in [0.4, 0.5) is 5.82 Å². The van der Waals surface area contributed by atoms with Gasteiger partial charge >= 0.3 is 0 Å². The van der Waals surface area contributed by atoms with Crippen LogP contribution in [0.2, 0.25) is 5.15 Å². The summed E-state index contributed by atoms with van der Waals surface area (Å²) in [6.45, 7) is 2.58. The molecule has 1 heterocycles. The Kier molecular flexibility index (Phi) is 4.72. The lowest BCUT2D eigenvalue weighted by atomic mass is 10.2. The molecular weight excluding hydrogens is 240 g/mol. The smallest absolute Gasteiger partial charge is 0.251 e. The molecule has 0 saturated carbocycles. The lowest BCUT2D eigenvalue weighted by molar-refractivity contribution is 0.0943. The summed E-state index contributed by atoms with van der Waals surface area (Å²) in [4.78, 5) is 17.6. The molecule has 6 heteroatoms. The summed E-state index contributed by atoms with van der Waals surface area (Å²) in [5.74, 6) is 0.0398. The van der Waals surface area contributed by atoms with E-state index >= 15 is 0 Å². The van der Waals surface area contributed by atoms with Crippen molar-refractivity contribution in [2.45, 2.75) is 13.0 Å². The quantitative estimate of drug-likeness (QED) is 0.789. The summed E-state index contributed by atoms with van der Waals surface area (Å²) < 4.78 is 0. The first-order valence-electron chi connectivity index (χ1n) is 5.28. The van der Waals surface area contributed by atoms with Gasteiger partial charge in [0.25, 0.3) is 5.91 Å². The number of rotatable bonds is 4. The largest absolute Gasteiger partial charge is 0.384 e. The molecule has 1 atom stereocenters. The van der Waals surface area contributed by atoms with Gasteiger partial charge in [0, 0.05) is 18.2 Å². The SMILES string of the molecule is CC(CNC(=O)c1cc(N)nc(Cl)c1)N(C)C. The van der Waals surface area contributed by atoms with Crippen molar-refractivity contribution in [2.24, 2.45) is 0 Å². The van der Waals surface area contributed by atoms with Crippen molar-refractivity contribution in [3.05, 3.63) is 22.8 Å². The molecule has 0 aliphatic carbocycles. The van der Waals surface area contributed by atoms with E-state index in [9.17, 15) is 4.79 Å². The first-order valence-corrected chi connectivity index (χ1v) is 5.65. The van der Waals surface area contributed by atoms with Gasteiger partial charge in [-0.3, -0.25) is 4.79 Å². The number of nitrogens with one attached hydrogen (secondary N) is 1. The second-order valence-corrected chi connectivity index (χ2v) is 4.51. The maximum absolute atomic E-state index is 11.8. The van der Waals surface area contributed by atoms with Gasteiger partial charge in [0.05, 0.1) is 0 Å². The van der Waals surface area contributed by atoms with Gasteiger partial charge in [-0.05, 0) is 33.2 Å². The summed E-state index contributed by atoms with van der Waals surface area (Å²) in [5, 5.41) is 3.03. The summed E-state index contributed by atoms with van der Waals surface area (Å²) in [6.07, 6.45) is 0. The molecule has 0 saturated heterocycles. The average molecular weight is 257 g/mol. The number of carbonyl (C=O) groups is 1. The molecule has 0 aliphatic heterocycles. The third kappa shape index (κ3) is 4.20. The number of amides is 1. The van der Waals surface area contributed by atoms with Gasteiger partial charge in [0.15, 0.2) is 0 Å². The highest BCUT2D eigenvalue weighted by atomic mass is 35.5. The van der Waals surface area contributed by atoms with Crippen LogP contribution in [0.15, 0.2) is 12.1 Å². The number of aromatic nitrogens is 1. The van der Waals surface area contributed by atoms with Crippen LogP contribution in [0.25, 0.3) is 0 Å². The van der Waals surface area contributed by atoms with Crippen molar-refractivity contribution in [1.29, 1.82) is 0 Å². The maximum Gasteiger partial charge on any atom is 0.251 e. The van der Waals surface area contributed by atoms with Crippen LogP contribution < -0.4 is 11.1 Å². The molecule has 94 valence electrons. The summed E-state index contributed by atoms with van der Waals surface area (Å²) in [5.41, 5.74) is 5.94. The van der Waals surface area contributed by atoms with Gasteiger partial charge in [-0.15, -0.1) is 0 Å². The third-order valence-electron chi connectivity index (χ3n) is 2.52. The Morgan fingerprint density at radius 1 is 1.59 bits per heavy atom. The number of halogens is 1. The number of hydrogen-bond donors (Lipinski definition) is 2. The number of anilines is 1. The zero-order chi connectivity index (χ0) is 13.0. The molecule has 0 bridgehead atoms. The fourth-order valence-electron chi connectivity index (χ4n) is 1.17. The zero-order valence-corrected chi connectivity index (χ0v) is 11.0. The Morgan fingerprint density at radius 2 is 2.24 bits per heavy atom. The van der Waals surface area contributed by atoms with Crippen molar-refractivity contribution in [1.82, 2.24) is 15.2 Å². The van der Waals surface area contributed by atoms with Crippen LogP contribution in [0.3, 0.4) is 0 Å². The molecule has 0 aromatic carbocycles. The van der Waals surface area contributed by atoms with Crippen molar-refractivity contribution in [3.63, 3.8) is 0 Å². The molecule has 1 aromatic rings. The lowest BCUT2D eigenvalue weighted by Gasteiger charge is -2.19. The zero-order valence-electron chi connectivity index (χ0n) is 10.2. The number of pyridine rings is 1. The van der Waals surface area contributed by atoms with E-state index in [1.54, 1.807) is 0 Å². The molecular formula is C11H17ClN4O. The van der Waals surface area contributed by atoms with E-state index in [0.29, 0.717) is 12.1 Å². The van der Waals surface area contributed by atoms with Crippen LogP contribution >= 0.6 is 11.6 Å². The van der Waals surface area contributed by atoms with Crippen LogP contribution in [0.1, 0.15) is 17.3 Å². The Balaban J connectivity index is 2.64. The summed E-state index contributed by atoms with van der Waals surface area (Å²) in [6, 6.07) is 3.25. The first-order chi connectivity index (χ1) is 7.90. The fourth-order valence-corrected chi connectivity index (χ4v) is 1.39. The normalized spacial score (nSPS) is 12.5. The third-order valence-corrected chi connectivity index (χ3v) is 2.71. The topological polar surface area (TPSA) is 71.2 Å². The molecule has 1 rings (SSSR count). The van der Waals surface area contributed by atoms with Crippen LogP contribution in [0.5, 0.6) is 0 Å². The Labute approximate surface area is 106 Å². The van der Waals surface area contributed by atoms with Crippen molar-refractivity contribution >= 4 is 23.3 Å². The highest BCUT2D eigenvalue weighted by Gasteiger charge is 2.10. The van der Waals surface area contributed by atoms with E-state index in [1.165, 1.54) is 12.1 Å². The number of nitrogens with zero attached hydrogens (tertiary/aromatic N) is 2. The Bertz CT molecular complexity index is 388. The summed E-state index contributed by atoms with van der Waals surface area (Å²) in [7, 11) is 3.91. The van der Waals surface area contributed by atoms with Crippen molar-refractivity contribution in [2.75, 3.05) is 26.4 Å². The van der Waals surface area contributed by atoms with Gasteiger partial charge < -0.3 is 16.0 Å². The molecule has 3 N–H and O–H groups in total. The van der Waals surface area contributed by atoms with E-state index in [-0.39, 0.29) is 22.9 Å².